The SMILES string of the molecule is O=C(NCc1ccco1)[C@H]1CCCN1C(=O)Nc1ccccc1[N+](=O)[O-]. The molecule has 1 aliphatic heterocycles. The number of likely N-dealkylation sites (tertiary alicyclic amines) is 1. The molecule has 1 aromatic carbocycles. The fraction of sp³-hybridized carbons (Fsp3) is 0.294. The molecule has 1 atom stereocenters. The topological polar surface area (TPSA) is 118 Å². The first-order valence-electron chi connectivity index (χ1n) is 8.17. The maximum Gasteiger partial charge on any atom is 0.322 e. The molecule has 2 N–H and O–H groups in total. The first-order valence-corrected chi connectivity index (χ1v) is 8.17. The molecule has 1 aliphatic rings. The van der Waals surface area contributed by atoms with Gasteiger partial charge in [0.15, 0.2) is 0 Å². The maximum atomic E-state index is 12.5. The minimum atomic E-state index is -0.618. The van der Waals surface area contributed by atoms with E-state index in [9.17, 15) is 19.7 Å². The molecule has 0 spiro atoms. The summed E-state index contributed by atoms with van der Waals surface area (Å²) in [4.78, 5) is 36.8. The summed E-state index contributed by atoms with van der Waals surface area (Å²) in [6.07, 6.45) is 2.74. The van der Waals surface area contributed by atoms with Gasteiger partial charge in [-0.2, -0.15) is 0 Å². The highest BCUT2D eigenvalue weighted by Crippen LogP contribution is 2.25. The van der Waals surface area contributed by atoms with Gasteiger partial charge < -0.3 is 20.0 Å². The number of nitro benzene ring substituents is 1. The molecule has 9 nitrogen and oxygen atoms in total. The van der Waals surface area contributed by atoms with Gasteiger partial charge in [-0.1, -0.05) is 12.1 Å². The fourth-order valence-corrected chi connectivity index (χ4v) is 2.91. The lowest BCUT2D eigenvalue weighted by Crippen LogP contribution is -2.47. The first-order chi connectivity index (χ1) is 12.6. The molecule has 1 aromatic heterocycles. The molecule has 3 amide bonds. The molecular weight excluding hydrogens is 340 g/mol. The Morgan fingerprint density at radius 3 is 2.81 bits per heavy atom. The van der Waals surface area contributed by atoms with Gasteiger partial charge in [0, 0.05) is 12.6 Å². The lowest BCUT2D eigenvalue weighted by Gasteiger charge is -2.24. The van der Waals surface area contributed by atoms with Crippen LogP contribution in [0.25, 0.3) is 0 Å². The van der Waals surface area contributed by atoms with Crippen LogP contribution in [0.5, 0.6) is 0 Å². The molecule has 0 bridgehead atoms. The predicted molar refractivity (Wildman–Crippen MR) is 92.4 cm³/mol. The predicted octanol–water partition coefficient (Wildman–Crippen LogP) is 2.50. The highest BCUT2D eigenvalue weighted by Gasteiger charge is 2.34. The van der Waals surface area contributed by atoms with Crippen molar-refractivity contribution in [2.75, 3.05) is 11.9 Å². The third kappa shape index (κ3) is 3.82. The van der Waals surface area contributed by atoms with E-state index in [4.69, 9.17) is 4.42 Å². The number of amides is 3. The van der Waals surface area contributed by atoms with Crippen molar-refractivity contribution in [1.29, 1.82) is 0 Å². The van der Waals surface area contributed by atoms with Crippen LogP contribution in [0.4, 0.5) is 16.2 Å². The van der Waals surface area contributed by atoms with Gasteiger partial charge in [0.2, 0.25) is 5.91 Å². The number of nitrogens with zero attached hydrogens (tertiary/aromatic N) is 2. The van der Waals surface area contributed by atoms with Crippen molar-refractivity contribution in [3.05, 3.63) is 58.5 Å². The van der Waals surface area contributed by atoms with E-state index in [-0.39, 0.29) is 23.8 Å². The van der Waals surface area contributed by atoms with Gasteiger partial charge in [0.05, 0.1) is 17.7 Å². The molecule has 1 fully saturated rings. The van der Waals surface area contributed by atoms with Crippen molar-refractivity contribution in [2.45, 2.75) is 25.4 Å². The van der Waals surface area contributed by atoms with E-state index in [0.717, 1.165) is 0 Å². The number of nitrogens with one attached hydrogen (secondary N) is 2. The Balaban J connectivity index is 1.65. The smallest absolute Gasteiger partial charge is 0.322 e. The summed E-state index contributed by atoms with van der Waals surface area (Å²) in [6, 6.07) is 8.21. The van der Waals surface area contributed by atoms with E-state index in [0.29, 0.717) is 25.1 Å². The molecule has 0 radical (unpaired) electrons. The molecule has 0 saturated carbocycles. The number of hydrogen-bond donors (Lipinski definition) is 2. The highest BCUT2D eigenvalue weighted by molar-refractivity contribution is 5.95. The number of para-hydroxylation sites is 2. The standard InChI is InChI=1S/C17H18N4O5/c22-16(18-11-12-5-4-10-26-12)15-8-3-9-20(15)17(23)19-13-6-1-2-7-14(13)21(24)25/h1-2,4-7,10,15H,3,8-9,11H2,(H,18,22)(H,19,23)/t15-/m1/s1. The summed E-state index contributed by atoms with van der Waals surface area (Å²) in [5, 5.41) is 16.3. The van der Waals surface area contributed by atoms with Gasteiger partial charge in [-0.3, -0.25) is 14.9 Å². The largest absolute Gasteiger partial charge is 0.467 e. The summed E-state index contributed by atoms with van der Waals surface area (Å²) < 4.78 is 5.16. The van der Waals surface area contributed by atoms with Gasteiger partial charge in [0.25, 0.3) is 5.69 Å². The van der Waals surface area contributed by atoms with Crippen LogP contribution in [0.3, 0.4) is 0 Å². The van der Waals surface area contributed by atoms with Crippen LogP contribution >= 0.6 is 0 Å². The molecule has 0 aliphatic carbocycles. The lowest BCUT2D eigenvalue weighted by atomic mass is 10.2. The Labute approximate surface area is 149 Å². The molecule has 26 heavy (non-hydrogen) atoms. The van der Waals surface area contributed by atoms with Crippen molar-refractivity contribution >= 4 is 23.3 Å². The molecule has 3 rings (SSSR count). The second kappa shape index (κ2) is 7.68. The Morgan fingerprint density at radius 2 is 2.08 bits per heavy atom. The molecule has 2 heterocycles. The van der Waals surface area contributed by atoms with Crippen LogP contribution in [0, 0.1) is 10.1 Å². The van der Waals surface area contributed by atoms with Crippen LogP contribution < -0.4 is 10.6 Å². The fourth-order valence-electron chi connectivity index (χ4n) is 2.91. The molecule has 136 valence electrons. The van der Waals surface area contributed by atoms with Gasteiger partial charge in [-0.15, -0.1) is 0 Å². The van der Waals surface area contributed by atoms with E-state index >= 15 is 0 Å². The number of nitro groups is 1. The number of urea groups is 1. The molecule has 2 aromatic rings. The number of carbonyl (C=O) groups is 2. The zero-order valence-electron chi connectivity index (χ0n) is 13.9. The summed E-state index contributed by atoms with van der Waals surface area (Å²) in [5.74, 6) is 0.337. The first kappa shape index (κ1) is 17.5. The zero-order valence-corrected chi connectivity index (χ0v) is 13.9. The van der Waals surface area contributed by atoms with Crippen LogP contribution in [0.2, 0.25) is 0 Å². The van der Waals surface area contributed by atoms with Crippen molar-refractivity contribution in [3.63, 3.8) is 0 Å². The average Bonchev–Trinajstić information content (AvgIpc) is 3.31. The number of anilines is 1. The number of furan rings is 1. The number of carbonyl (C=O) groups excluding carboxylic acids is 2. The van der Waals surface area contributed by atoms with E-state index in [1.807, 2.05) is 0 Å². The summed E-state index contributed by atoms with van der Waals surface area (Å²) in [6.45, 7) is 0.646. The number of hydrogen-bond acceptors (Lipinski definition) is 5. The summed E-state index contributed by atoms with van der Waals surface area (Å²) in [7, 11) is 0. The third-order valence-corrected chi connectivity index (χ3v) is 4.18. The van der Waals surface area contributed by atoms with Crippen LogP contribution in [0.15, 0.2) is 47.1 Å². The number of benzene rings is 1. The van der Waals surface area contributed by atoms with E-state index < -0.39 is 17.0 Å². The van der Waals surface area contributed by atoms with Gasteiger partial charge in [-0.25, -0.2) is 4.79 Å². The average molecular weight is 358 g/mol. The van der Waals surface area contributed by atoms with Crippen molar-refractivity contribution in [1.82, 2.24) is 10.2 Å². The normalized spacial score (nSPS) is 16.3. The highest BCUT2D eigenvalue weighted by atomic mass is 16.6. The monoisotopic (exact) mass is 358 g/mol. The van der Waals surface area contributed by atoms with E-state index in [2.05, 4.69) is 10.6 Å². The Bertz CT molecular complexity index is 805. The third-order valence-electron chi connectivity index (χ3n) is 4.18. The quantitative estimate of drug-likeness (QED) is 0.629. The lowest BCUT2D eigenvalue weighted by molar-refractivity contribution is -0.383. The van der Waals surface area contributed by atoms with E-state index in [1.54, 1.807) is 18.2 Å². The molecule has 0 unspecified atom stereocenters. The van der Waals surface area contributed by atoms with Crippen LogP contribution in [0.1, 0.15) is 18.6 Å². The second-order valence-electron chi connectivity index (χ2n) is 5.85. The maximum absolute atomic E-state index is 12.5. The van der Waals surface area contributed by atoms with Gasteiger partial charge in [0.1, 0.15) is 17.5 Å². The van der Waals surface area contributed by atoms with Crippen LogP contribution in [-0.2, 0) is 11.3 Å². The zero-order chi connectivity index (χ0) is 18.5. The minimum absolute atomic E-state index is 0.101. The Kier molecular flexibility index (Phi) is 5.16. The summed E-state index contributed by atoms with van der Waals surface area (Å²) in [5.41, 5.74) is -0.0944. The molecule has 1 saturated heterocycles. The van der Waals surface area contributed by atoms with Crippen molar-refractivity contribution in [2.24, 2.45) is 0 Å². The summed E-state index contributed by atoms with van der Waals surface area (Å²) >= 11 is 0. The number of rotatable bonds is 5. The van der Waals surface area contributed by atoms with Gasteiger partial charge in [-0.05, 0) is 31.0 Å². The Morgan fingerprint density at radius 1 is 1.27 bits per heavy atom. The molecule has 9 heteroatoms. The van der Waals surface area contributed by atoms with E-state index in [1.165, 1.54) is 29.4 Å². The minimum Gasteiger partial charge on any atom is -0.467 e. The van der Waals surface area contributed by atoms with Gasteiger partial charge >= 0.3 is 6.03 Å². The Hall–Kier alpha value is -3.36. The van der Waals surface area contributed by atoms with Crippen molar-refractivity contribution in [3.8, 4) is 0 Å². The molecular formula is C17H18N4O5. The van der Waals surface area contributed by atoms with Crippen molar-refractivity contribution < 1.29 is 18.9 Å². The second-order valence-corrected chi connectivity index (χ2v) is 5.85. The van der Waals surface area contributed by atoms with Crippen LogP contribution in [-0.4, -0.2) is 34.3 Å².